The van der Waals surface area contributed by atoms with Crippen molar-refractivity contribution in [1.82, 2.24) is 0 Å². The van der Waals surface area contributed by atoms with E-state index >= 15 is 0 Å². The van der Waals surface area contributed by atoms with Crippen LogP contribution in [0.3, 0.4) is 0 Å². The van der Waals surface area contributed by atoms with Gasteiger partial charge in [-0.2, -0.15) is 0 Å². The summed E-state index contributed by atoms with van der Waals surface area (Å²) in [7, 11) is 0. The lowest BCUT2D eigenvalue weighted by Gasteiger charge is -2.03. The summed E-state index contributed by atoms with van der Waals surface area (Å²) in [4.78, 5) is 22.2. The predicted molar refractivity (Wildman–Crippen MR) is 66.3 cm³/mol. The molecule has 0 N–H and O–H groups in total. The fourth-order valence-electron chi connectivity index (χ4n) is 1.33. The van der Waals surface area contributed by atoms with Crippen molar-refractivity contribution in [2.45, 2.75) is 52.4 Å². The molecule has 0 atom stereocenters. The molecule has 0 aliphatic rings. The van der Waals surface area contributed by atoms with Gasteiger partial charge in [0.1, 0.15) is 11.6 Å². The van der Waals surface area contributed by atoms with Crippen LogP contribution >= 0.6 is 15.9 Å². The molecule has 0 radical (unpaired) electrons. The van der Waals surface area contributed by atoms with Gasteiger partial charge in [-0.15, -0.1) is 0 Å². The first-order valence-corrected chi connectivity index (χ1v) is 6.80. The van der Waals surface area contributed by atoms with Crippen molar-refractivity contribution in [1.29, 1.82) is 0 Å². The highest BCUT2D eigenvalue weighted by atomic mass is 79.9. The molecule has 0 aliphatic heterocycles. The van der Waals surface area contributed by atoms with Crippen molar-refractivity contribution in [3.05, 3.63) is 0 Å². The topological polar surface area (TPSA) is 34.1 Å². The molecule has 0 aromatic rings. The highest BCUT2D eigenvalue weighted by molar-refractivity contribution is 9.09. The van der Waals surface area contributed by atoms with E-state index in [2.05, 4.69) is 15.9 Å². The van der Waals surface area contributed by atoms with Gasteiger partial charge in [0.2, 0.25) is 0 Å². The van der Waals surface area contributed by atoms with Crippen LogP contribution in [0.2, 0.25) is 0 Å². The zero-order valence-corrected chi connectivity index (χ0v) is 11.3. The highest BCUT2D eigenvalue weighted by Crippen LogP contribution is 2.09. The summed E-state index contributed by atoms with van der Waals surface area (Å²) in [6.45, 7) is 3.88. The van der Waals surface area contributed by atoms with Crippen LogP contribution in [0.1, 0.15) is 52.4 Å². The van der Waals surface area contributed by atoms with Gasteiger partial charge in [0, 0.05) is 18.8 Å². The molecule has 0 saturated heterocycles. The summed E-state index contributed by atoms with van der Waals surface area (Å²) in [5.41, 5.74) is 0. The van der Waals surface area contributed by atoms with Crippen LogP contribution in [-0.4, -0.2) is 16.9 Å². The number of Topliss-reactive ketones (excluding diaryl/α,β-unsaturated/α-hetero) is 2. The molecule has 0 aliphatic carbocycles. The maximum atomic E-state index is 11.3. The number of hydrogen-bond donors (Lipinski definition) is 0. The number of halogens is 1. The normalized spacial score (nSPS) is 10.7. The molecule has 0 fully saturated rings. The molecule has 0 aromatic carbocycles. The van der Waals surface area contributed by atoms with E-state index < -0.39 is 0 Å². The number of alkyl halides is 1. The zero-order valence-electron chi connectivity index (χ0n) is 9.72. The zero-order chi connectivity index (χ0) is 11.7. The van der Waals surface area contributed by atoms with Crippen LogP contribution in [0.4, 0.5) is 0 Å². The minimum Gasteiger partial charge on any atom is -0.299 e. The molecule has 0 spiro atoms. The first kappa shape index (κ1) is 14.8. The van der Waals surface area contributed by atoms with Crippen LogP contribution in [0.15, 0.2) is 0 Å². The lowest BCUT2D eigenvalue weighted by Crippen LogP contribution is -2.06. The third-order valence-corrected chi connectivity index (χ3v) is 3.05. The molecule has 0 unspecified atom stereocenters. The van der Waals surface area contributed by atoms with Crippen LogP contribution in [0, 0.1) is 5.92 Å². The number of unbranched alkanes of at least 4 members (excludes halogenated alkanes) is 3. The smallest absolute Gasteiger partial charge is 0.143 e. The van der Waals surface area contributed by atoms with Crippen molar-refractivity contribution >= 4 is 27.5 Å². The van der Waals surface area contributed by atoms with Crippen molar-refractivity contribution in [3.8, 4) is 0 Å². The van der Waals surface area contributed by atoms with E-state index in [0.29, 0.717) is 24.0 Å². The summed E-state index contributed by atoms with van der Waals surface area (Å²) in [5.74, 6) is 0.791. The molecule has 0 heterocycles. The SMILES string of the molecule is CC(C)C(=O)CCCCCCC(=O)CBr. The summed E-state index contributed by atoms with van der Waals surface area (Å²) in [5, 5.41) is 0.471. The van der Waals surface area contributed by atoms with E-state index in [4.69, 9.17) is 0 Å². The Morgan fingerprint density at radius 1 is 1.00 bits per heavy atom. The molecule has 88 valence electrons. The third kappa shape index (κ3) is 8.79. The summed E-state index contributed by atoms with van der Waals surface area (Å²) >= 11 is 3.14. The Morgan fingerprint density at radius 3 is 2.00 bits per heavy atom. The van der Waals surface area contributed by atoms with Crippen molar-refractivity contribution in [3.63, 3.8) is 0 Å². The molecular weight excluding hydrogens is 256 g/mol. The fraction of sp³-hybridized carbons (Fsp3) is 0.833. The number of carbonyl (C=O) groups excluding carboxylic acids is 2. The van der Waals surface area contributed by atoms with Gasteiger partial charge in [-0.05, 0) is 12.8 Å². The van der Waals surface area contributed by atoms with Crippen molar-refractivity contribution < 1.29 is 9.59 Å². The first-order chi connectivity index (χ1) is 7.07. The van der Waals surface area contributed by atoms with Crippen molar-refractivity contribution in [2.75, 3.05) is 5.33 Å². The Kier molecular flexibility index (Phi) is 8.97. The van der Waals surface area contributed by atoms with Gasteiger partial charge in [0.15, 0.2) is 0 Å². The van der Waals surface area contributed by atoms with Gasteiger partial charge in [-0.25, -0.2) is 0 Å². The predicted octanol–water partition coefficient (Wildman–Crippen LogP) is 3.52. The van der Waals surface area contributed by atoms with E-state index in [1.165, 1.54) is 0 Å². The second kappa shape index (κ2) is 9.08. The number of hydrogen-bond acceptors (Lipinski definition) is 2. The summed E-state index contributed by atoms with van der Waals surface area (Å²) < 4.78 is 0. The van der Waals surface area contributed by atoms with E-state index in [1.807, 2.05) is 13.8 Å². The highest BCUT2D eigenvalue weighted by Gasteiger charge is 2.06. The monoisotopic (exact) mass is 276 g/mol. The van der Waals surface area contributed by atoms with Gasteiger partial charge in [-0.3, -0.25) is 9.59 Å². The summed E-state index contributed by atoms with van der Waals surface area (Å²) in [6.07, 6.45) is 5.42. The van der Waals surface area contributed by atoms with E-state index in [1.54, 1.807) is 0 Å². The standard InChI is InChI=1S/C12H21BrO2/c1-10(2)12(15)8-6-4-3-5-7-11(14)9-13/h10H,3-9H2,1-2H3. The second-order valence-corrected chi connectivity index (χ2v) is 4.77. The van der Waals surface area contributed by atoms with E-state index in [-0.39, 0.29) is 11.7 Å². The lowest BCUT2D eigenvalue weighted by molar-refractivity contribution is -0.122. The minimum atomic E-state index is 0.167. The van der Waals surface area contributed by atoms with Gasteiger partial charge >= 0.3 is 0 Å². The average molecular weight is 277 g/mol. The molecule has 0 aromatic heterocycles. The maximum Gasteiger partial charge on any atom is 0.143 e. The van der Waals surface area contributed by atoms with Gasteiger partial charge < -0.3 is 0 Å². The molecule has 15 heavy (non-hydrogen) atoms. The number of carbonyl (C=O) groups is 2. The Labute approximate surface area is 101 Å². The number of ketones is 2. The van der Waals surface area contributed by atoms with Crippen LogP contribution in [0.25, 0.3) is 0 Å². The Hall–Kier alpha value is -0.180. The van der Waals surface area contributed by atoms with E-state index in [0.717, 1.165) is 25.7 Å². The van der Waals surface area contributed by atoms with Gasteiger partial charge in [0.05, 0.1) is 5.33 Å². The Balaban J connectivity index is 3.25. The number of rotatable bonds is 9. The minimum absolute atomic E-state index is 0.167. The summed E-state index contributed by atoms with van der Waals surface area (Å²) in [6, 6.07) is 0. The largest absolute Gasteiger partial charge is 0.299 e. The quantitative estimate of drug-likeness (QED) is 0.477. The molecule has 2 nitrogen and oxygen atoms in total. The molecule has 0 amide bonds. The maximum absolute atomic E-state index is 11.3. The van der Waals surface area contributed by atoms with Crippen LogP contribution in [0.5, 0.6) is 0 Å². The van der Waals surface area contributed by atoms with Crippen LogP contribution in [-0.2, 0) is 9.59 Å². The first-order valence-electron chi connectivity index (χ1n) is 5.68. The van der Waals surface area contributed by atoms with Crippen molar-refractivity contribution in [2.24, 2.45) is 5.92 Å². The molecule has 0 saturated carbocycles. The van der Waals surface area contributed by atoms with E-state index in [9.17, 15) is 9.59 Å². The lowest BCUT2D eigenvalue weighted by atomic mass is 10.0. The third-order valence-electron chi connectivity index (χ3n) is 2.42. The van der Waals surface area contributed by atoms with Crippen LogP contribution < -0.4 is 0 Å². The Morgan fingerprint density at radius 2 is 1.53 bits per heavy atom. The molecule has 3 heteroatoms. The molecular formula is C12H21BrO2. The van der Waals surface area contributed by atoms with Gasteiger partial charge in [0.25, 0.3) is 0 Å². The Bertz CT molecular complexity index is 200. The average Bonchev–Trinajstić information content (AvgIpc) is 2.22. The van der Waals surface area contributed by atoms with Gasteiger partial charge in [-0.1, -0.05) is 42.6 Å². The molecule has 0 rings (SSSR count). The fourth-order valence-corrected chi connectivity index (χ4v) is 1.61. The molecule has 0 bridgehead atoms. The second-order valence-electron chi connectivity index (χ2n) is 4.21.